The molecule has 0 aliphatic heterocycles. The van der Waals surface area contributed by atoms with E-state index in [0.717, 1.165) is 10.7 Å². The summed E-state index contributed by atoms with van der Waals surface area (Å²) in [5.74, 6) is -1.76. The first-order valence-electron chi connectivity index (χ1n) is 6.32. The average molecular weight is 339 g/mol. The van der Waals surface area contributed by atoms with E-state index in [1.54, 1.807) is 0 Å². The molecule has 0 aliphatic carbocycles. The van der Waals surface area contributed by atoms with Crippen molar-refractivity contribution in [1.29, 1.82) is 0 Å². The minimum atomic E-state index is -1.10. The number of rotatable bonds is 5. The highest BCUT2D eigenvalue weighted by Gasteiger charge is 2.20. The molecule has 1 amide bonds. The summed E-state index contributed by atoms with van der Waals surface area (Å²) in [5, 5.41) is 26.2. The van der Waals surface area contributed by atoms with E-state index >= 15 is 0 Å². The van der Waals surface area contributed by atoms with Gasteiger partial charge in [-0.1, -0.05) is 11.6 Å². The van der Waals surface area contributed by atoms with Crippen molar-refractivity contribution < 1.29 is 19.6 Å². The molecule has 1 aromatic heterocycles. The van der Waals surface area contributed by atoms with Crippen LogP contribution >= 0.6 is 11.6 Å². The number of nitro benzene ring substituents is 1. The van der Waals surface area contributed by atoms with Gasteiger partial charge in [0.25, 0.3) is 11.6 Å². The number of anilines is 1. The number of nitro groups is 1. The summed E-state index contributed by atoms with van der Waals surface area (Å²) in [4.78, 5) is 33.3. The van der Waals surface area contributed by atoms with Gasteiger partial charge in [0.05, 0.1) is 16.7 Å². The fraction of sp³-hybridized carbons (Fsp3) is 0.154. The molecule has 1 atom stereocenters. The molecule has 1 aromatic carbocycles. The van der Waals surface area contributed by atoms with Crippen molar-refractivity contribution in [3.8, 4) is 0 Å². The minimum absolute atomic E-state index is 0.0246. The average Bonchev–Trinajstić information content (AvgIpc) is 2.97. The number of aliphatic carboxylic acids is 1. The number of carboxylic acid groups (broad SMARTS) is 1. The van der Waals surface area contributed by atoms with Gasteiger partial charge in [-0.3, -0.25) is 19.6 Å². The molecular formula is C13H11ClN4O5. The quantitative estimate of drug-likeness (QED) is 0.636. The SMILES string of the molecule is CC(C(=O)O)n1cc(C(=O)Nc2ccc(Cl)cc2[N+](=O)[O-])cn1. The molecule has 10 heteroatoms. The molecule has 9 nitrogen and oxygen atoms in total. The van der Waals surface area contributed by atoms with Crippen molar-refractivity contribution in [3.63, 3.8) is 0 Å². The predicted octanol–water partition coefficient (Wildman–Crippen LogP) is 2.34. The van der Waals surface area contributed by atoms with Crippen LogP contribution in [0.15, 0.2) is 30.6 Å². The number of halogens is 1. The smallest absolute Gasteiger partial charge is 0.328 e. The van der Waals surface area contributed by atoms with E-state index in [9.17, 15) is 19.7 Å². The lowest BCUT2D eigenvalue weighted by atomic mass is 10.2. The number of nitrogens with one attached hydrogen (secondary N) is 1. The Hall–Kier alpha value is -2.94. The Morgan fingerprint density at radius 3 is 2.78 bits per heavy atom. The van der Waals surface area contributed by atoms with Crippen LogP contribution in [0, 0.1) is 10.1 Å². The number of hydrogen-bond donors (Lipinski definition) is 2. The number of benzene rings is 1. The highest BCUT2D eigenvalue weighted by molar-refractivity contribution is 6.31. The van der Waals surface area contributed by atoms with E-state index in [0.29, 0.717) is 0 Å². The van der Waals surface area contributed by atoms with Crippen LogP contribution < -0.4 is 5.32 Å². The van der Waals surface area contributed by atoms with Gasteiger partial charge in [-0.15, -0.1) is 0 Å². The number of carbonyl (C=O) groups is 2. The van der Waals surface area contributed by atoms with Crippen LogP contribution in [0.25, 0.3) is 0 Å². The molecule has 0 spiro atoms. The monoisotopic (exact) mass is 338 g/mol. The lowest BCUT2D eigenvalue weighted by Gasteiger charge is -2.06. The molecule has 0 radical (unpaired) electrons. The third-order valence-corrected chi connectivity index (χ3v) is 3.26. The molecule has 2 rings (SSSR count). The van der Waals surface area contributed by atoms with Crippen molar-refractivity contribution in [3.05, 3.63) is 51.3 Å². The zero-order chi connectivity index (χ0) is 17.1. The van der Waals surface area contributed by atoms with E-state index in [-0.39, 0.29) is 22.0 Å². The Labute approximate surface area is 134 Å². The Morgan fingerprint density at radius 1 is 1.48 bits per heavy atom. The fourth-order valence-corrected chi connectivity index (χ4v) is 1.90. The molecular weight excluding hydrogens is 328 g/mol. The van der Waals surface area contributed by atoms with Gasteiger partial charge in [0, 0.05) is 17.3 Å². The predicted molar refractivity (Wildman–Crippen MR) is 80.6 cm³/mol. The first kappa shape index (κ1) is 16.4. The number of amides is 1. The molecule has 1 unspecified atom stereocenters. The van der Waals surface area contributed by atoms with Crippen molar-refractivity contribution >= 4 is 34.9 Å². The Kier molecular flexibility index (Phi) is 4.60. The number of carboxylic acids is 1. The van der Waals surface area contributed by atoms with Gasteiger partial charge >= 0.3 is 5.97 Å². The number of hydrogen-bond acceptors (Lipinski definition) is 5. The van der Waals surface area contributed by atoms with Gasteiger partial charge in [-0.2, -0.15) is 5.10 Å². The second-order valence-electron chi connectivity index (χ2n) is 4.60. The van der Waals surface area contributed by atoms with Gasteiger partial charge in [-0.25, -0.2) is 4.79 Å². The first-order chi connectivity index (χ1) is 10.8. The minimum Gasteiger partial charge on any atom is -0.480 e. The third-order valence-electron chi connectivity index (χ3n) is 3.02. The topological polar surface area (TPSA) is 127 Å². The van der Waals surface area contributed by atoms with Crippen LogP contribution in [0.5, 0.6) is 0 Å². The zero-order valence-corrected chi connectivity index (χ0v) is 12.5. The Morgan fingerprint density at radius 2 is 2.17 bits per heavy atom. The van der Waals surface area contributed by atoms with Crippen molar-refractivity contribution in [1.82, 2.24) is 9.78 Å². The summed E-state index contributed by atoms with van der Waals surface area (Å²) in [5.41, 5.74) is -0.303. The summed E-state index contributed by atoms with van der Waals surface area (Å²) in [6, 6.07) is 2.89. The normalized spacial score (nSPS) is 11.7. The largest absolute Gasteiger partial charge is 0.480 e. The Balaban J connectivity index is 2.23. The lowest BCUT2D eigenvalue weighted by molar-refractivity contribution is -0.383. The van der Waals surface area contributed by atoms with E-state index in [1.807, 2.05) is 0 Å². The third kappa shape index (κ3) is 3.64. The maximum atomic E-state index is 12.1. The van der Waals surface area contributed by atoms with Crippen LogP contribution in [-0.2, 0) is 4.79 Å². The van der Waals surface area contributed by atoms with Gasteiger partial charge in [0.15, 0.2) is 0 Å². The fourth-order valence-electron chi connectivity index (χ4n) is 1.74. The van der Waals surface area contributed by atoms with E-state index < -0.39 is 22.8 Å². The zero-order valence-electron chi connectivity index (χ0n) is 11.8. The standard InChI is InChI=1S/C13H11ClN4O5/c1-7(13(20)21)17-6-8(5-15-17)12(19)16-10-3-2-9(14)4-11(10)18(22)23/h2-7H,1H3,(H,16,19)(H,20,21). The number of aromatic nitrogens is 2. The van der Waals surface area contributed by atoms with Crippen LogP contribution in [0.4, 0.5) is 11.4 Å². The molecule has 2 aromatic rings. The van der Waals surface area contributed by atoms with Gasteiger partial charge < -0.3 is 10.4 Å². The highest BCUT2D eigenvalue weighted by atomic mass is 35.5. The molecule has 120 valence electrons. The summed E-state index contributed by atoms with van der Waals surface area (Å²) >= 11 is 5.70. The summed E-state index contributed by atoms with van der Waals surface area (Å²) in [6.45, 7) is 1.40. The van der Waals surface area contributed by atoms with Gasteiger partial charge in [-0.05, 0) is 19.1 Å². The Bertz CT molecular complexity index is 788. The van der Waals surface area contributed by atoms with E-state index in [1.165, 1.54) is 31.5 Å². The number of nitrogens with zero attached hydrogens (tertiary/aromatic N) is 3. The van der Waals surface area contributed by atoms with E-state index in [2.05, 4.69) is 10.4 Å². The second-order valence-corrected chi connectivity index (χ2v) is 5.03. The lowest BCUT2D eigenvalue weighted by Crippen LogP contribution is -2.16. The first-order valence-corrected chi connectivity index (χ1v) is 6.69. The maximum absolute atomic E-state index is 12.1. The summed E-state index contributed by atoms with van der Waals surface area (Å²) in [6.07, 6.45) is 2.42. The molecule has 0 bridgehead atoms. The number of carbonyl (C=O) groups excluding carboxylic acids is 1. The summed E-state index contributed by atoms with van der Waals surface area (Å²) in [7, 11) is 0. The van der Waals surface area contributed by atoms with Crippen LogP contribution in [-0.4, -0.2) is 31.7 Å². The molecule has 1 heterocycles. The molecule has 23 heavy (non-hydrogen) atoms. The van der Waals surface area contributed by atoms with E-state index in [4.69, 9.17) is 16.7 Å². The maximum Gasteiger partial charge on any atom is 0.328 e. The molecule has 0 fully saturated rings. The van der Waals surface area contributed by atoms with Crippen molar-refractivity contribution in [2.45, 2.75) is 13.0 Å². The molecule has 0 saturated carbocycles. The summed E-state index contributed by atoms with van der Waals surface area (Å²) < 4.78 is 1.10. The van der Waals surface area contributed by atoms with Crippen LogP contribution in [0.1, 0.15) is 23.3 Å². The molecule has 2 N–H and O–H groups in total. The highest BCUT2D eigenvalue weighted by Crippen LogP contribution is 2.28. The van der Waals surface area contributed by atoms with Gasteiger partial charge in [0.2, 0.25) is 0 Å². The van der Waals surface area contributed by atoms with Crippen molar-refractivity contribution in [2.75, 3.05) is 5.32 Å². The van der Waals surface area contributed by atoms with Crippen LogP contribution in [0.3, 0.4) is 0 Å². The van der Waals surface area contributed by atoms with Crippen molar-refractivity contribution in [2.24, 2.45) is 0 Å². The molecule has 0 saturated heterocycles. The van der Waals surface area contributed by atoms with Crippen LogP contribution in [0.2, 0.25) is 5.02 Å². The molecule has 0 aliphatic rings. The second kappa shape index (κ2) is 6.44. The van der Waals surface area contributed by atoms with Gasteiger partial charge in [0.1, 0.15) is 11.7 Å².